The number of anilines is 1. The number of fused-ring (bicyclic) bond motifs is 1. The van der Waals surface area contributed by atoms with E-state index < -0.39 is 28.2 Å². The second kappa shape index (κ2) is 10.3. The number of rotatable bonds is 7. The summed E-state index contributed by atoms with van der Waals surface area (Å²) in [5.41, 5.74) is 0.575. The van der Waals surface area contributed by atoms with Gasteiger partial charge < -0.3 is 10.4 Å². The van der Waals surface area contributed by atoms with Gasteiger partial charge in [0, 0.05) is 30.8 Å². The molecule has 0 spiro atoms. The van der Waals surface area contributed by atoms with Gasteiger partial charge in [-0.1, -0.05) is 44.9 Å². The van der Waals surface area contributed by atoms with Gasteiger partial charge in [0.2, 0.25) is 5.75 Å². The topological polar surface area (TPSA) is 105 Å². The molecule has 3 heterocycles. The second-order valence-electron chi connectivity index (χ2n) is 9.50. The molecule has 2 aliphatic heterocycles. The number of carbonyl (C=O) groups is 1. The van der Waals surface area contributed by atoms with Gasteiger partial charge in [0.15, 0.2) is 5.69 Å². The lowest BCUT2D eigenvalue weighted by molar-refractivity contribution is 0.0940. The molecule has 1 amide bonds. The molecule has 0 saturated carbocycles. The summed E-state index contributed by atoms with van der Waals surface area (Å²) in [7, 11) is -1.09. The molecular weight excluding hydrogens is 452 g/mol. The Labute approximate surface area is 203 Å². The lowest BCUT2D eigenvalue weighted by Crippen LogP contribution is -2.41. The van der Waals surface area contributed by atoms with Crippen LogP contribution in [0.1, 0.15) is 80.7 Å². The minimum atomic E-state index is -1.09. The molecule has 2 aliphatic rings. The molecule has 1 fully saturated rings. The molecule has 8 nitrogen and oxygen atoms in total. The number of aromatic nitrogens is 2. The quantitative estimate of drug-likeness (QED) is 0.624. The van der Waals surface area contributed by atoms with Crippen molar-refractivity contribution in [2.75, 3.05) is 16.6 Å². The van der Waals surface area contributed by atoms with E-state index in [1.165, 1.54) is 4.57 Å². The van der Waals surface area contributed by atoms with Crippen LogP contribution < -0.4 is 15.2 Å². The molecule has 4 rings (SSSR count). The molecule has 1 aromatic heterocycles. The Balaban J connectivity index is 1.59. The van der Waals surface area contributed by atoms with Crippen LogP contribution in [0.3, 0.4) is 0 Å². The molecule has 2 atom stereocenters. The van der Waals surface area contributed by atoms with E-state index in [1.54, 1.807) is 0 Å². The van der Waals surface area contributed by atoms with Crippen molar-refractivity contribution in [2.24, 2.45) is 0 Å². The van der Waals surface area contributed by atoms with E-state index >= 15 is 0 Å². The first kappa shape index (κ1) is 24.4. The Morgan fingerprint density at radius 1 is 1.24 bits per heavy atom. The van der Waals surface area contributed by atoms with Crippen LogP contribution in [0, 0.1) is 0 Å². The highest BCUT2D eigenvalue weighted by molar-refractivity contribution is 7.86. The molecular formula is C25H34N4O4S. The Morgan fingerprint density at radius 3 is 2.79 bits per heavy atom. The third kappa shape index (κ3) is 4.76. The summed E-state index contributed by atoms with van der Waals surface area (Å²) in [6.07, 6.45) is 6.57. The standard InChI is InChI=1S/C25H34N4O4S/c1-3-4-12-25(2)13-9-14-28-23(32)21(30)20(27-24(25)28)22(31)26-17-18-10-5-6-11-19(18)29-15-7-8-16-34(29)33/h5-6,10-11,30H,3-4,7-9,12-17H2,1-2H3,(H,26,31). The molecule has 2 N–H and O–H groups in total. The van der Waals surface area contributed by atoms with E-state index in [4.69, 9.17) is 0 Å². The predicted molar refractivity (Wildman–Crippen MR) is 133 cm³/mol. The summed E-state index contributed by atoms with van der Waals surface area (Å²) in [4.78, 5) is 30.6. The van der Waals surface area contributed by atoms with Crippen LogP contribution in [0.5, 0.6) is 5.75 Å². The zero-order valence-corrected chi connectivity index (χ0v) is 20.8. The molecule has 34 heavy (non-hydrogen) atoms. The number of amides is 1. The maximum absolute atomic E-state index is 13.1. The zero-order chi connectivity index (χ0) is 24.3. The second-order valence-corrected chi connectivity index (χ2v) is 11.0. The van der Waals surface area contributed by atoms with E-state index in [9.17, 15) is 18.9 Å². The van der Waals surface area contributed by atoms with Crippen LogP contribution in [0.4, 0.5) is 5.69 Å². The Morgan fingerprint density at radius 2 is 2.03 bits per heavy atom. The van der Waals surface area contributed by atoms with Gasteiger partial charge in [-0.15, -0.1) is 0 Å². The van der Waals surface area contributed by atoms with E-state index in [1.807, 2.05) is 28.6 Å². The van der Waals surface area contributed by atoms with Crippen LogP contribution in [0.25, 0.3) is 0 Å². The summed E-state index contributed by atoms with van der Waals surface area (Å²) in [6.45, 7) is 5.60. The number of para-hydroxylation sites is 1. The molecule has 0 aliphatic carbocycles. The largest absolute Gasteiger partial charge is 0.501 e. The third-order valence-corrected chi connectivity index (χ3v) is 8.48. The number of benzene rings is 1. The van der Waals surface area contributed by atoms with Crippen molar-refractivity contribution >= 4 is 22.6 Å². The molecule has 2 aromatic rings. The monoisotopic (exact) mass is 486 g/mol. The van der Waals surface area contributed by atoms with Crippen molar-refractivity contribution in [3.8, 4) is 5.75 Å². The molecule has 1 saturated heterocycles. The highest BCUT2D eigenvalue weighted by atomic mass is 32.2. The van der Waals surface area contributed by atoms with Crippen molar-refractivity contribution in [3.63, 3.8) is 0 Å². The highest BCUT2D eigenvalue weighted by Gasteiger charge is 2.36. The zero-order valence-electron chi connectivity index (χ0n) is 20.0. The number of carbonyl (C=O) groups excluding carboxylic acids is 1. The lowest BCUT2D eigenvalue weighted by atomic mass is 9.77. The van der Waals surface area contributed by atoms with Crippen LogP contribution >= 0.6 is 0 Å². The fraction of sp³-hybridized carbons (Fsp3) is 0.560. The molecule has 9 heteroatoms. The normalized spacial score (nSPS) is 22.3. The predicted octanol–water partition coefficient (Wildman–Crippen LogP) is 3.38. The van der Waals surface area contributed by atoms with Crippen molar-refractivity contribution in [2.45, 2.75) is 77.3 Å². The fourth-order valence-electron chi connectivity index (χ4n) is 5.00. The molecule has 1 aromatic carbocycles. The summed E-state index contributed by atoms with van der Waals surface area (Å²) in [6, 6.07) is 7.56. The number of unbranched alkanes of at least 4 members (excludes halogenated alkanes) is 1. The first-order valence-corrected chi connectivity index (χ1v) is 13.5. The van der Waals surface area contributed by atoms with E-state index in [-0.39, 0.29) is 17.7 Å². The smallest absolute Gasteiger partial charge is 0.296 e. The van der Waals surface area contributed by atoms with Crippen LogP contribution in [-0.4, -0.2) is 37.1 Å². The van der Waals surface area contributed by atoms with Crippen LogP contribution in [-0.2, 0) is 29.5 Å². The lowest BCUT2D eigenvalue weighted by Gasteiger charge is -2.35. The number of nitrogens with one attached hydrogen (secondary N) is 1. The van der Waals surface area contributed by atoms with Gasteiger partial charge in [0.1, 0.15) is 16.8 Å². The number of aromatic hydroxyl groups is 1. The summed E-state index contributed by atoms with van der Waals surface area (Å²) in [5, 5.41) is 13.4. The van der Waals surface area contributed by atoms with Gasteiger partial charge in [-0.3, -0.25) is 18.5 Å². The number of hydrogen-bond donors (Lipinski definition) is 2. The highest BCUT2D eigenvalue weighted by Crippen LogP contribution is 2.37. The SMILES string of the molecule is CCCCC1(C)CCCn2c1nc(C(=O)NCc1ccccc1N1CCCCS1=O)c(O)c2=O. The summed E-state index contributed by atoms with van der Waals surface area (Å²) >= 11 is 0. The van der Waals surface area contributed by atoms with Gasteiger partial charge in [-0.05, 0) is 43.7 Å². The maximum Gasteiger partial charge on any atom is 0.296 e. The van der Waals surface area contributed by atoms with Crippen molar-refractivity contribution in [1.82, 2.24) is 14.9 Å². The van der Waals surface area contributed by atoms with Crippen molar-refractivity contribution in [1.29, 1.82) is 0 Å². The minimum Gasteiger partial charge on any atom is -0.501 e. The fourth-order valence-corrected chi connectivity index (χ4v) is 6.40. The molecule has 184 valence electrons. The average Bonchev–Trinajstić information content (AvgIpc) is 2.84. The Bertz CT molecular complexity index is 1150. The average molecular weight is 487 g/mol. The van der Waals surface area contributed by atoms with E-state index in [2.05, 4.69) is 24.1 Å². The van der Waals surface area contributed by atoms with Crippen molar-refractivity contribution < 1.29 is 14.1 Å². The van der Waals surface area contributed by atoms with E-state index in [0.717, 1.165) is 56.2 Å². The van der Waals surface area contributed by atoms with Gasteiger partial charge in [0.05, 0.1) is 5.69 Å². The summed E-state index contributed by atoms with van der Waals surface area (Å²) < 4.78 is 15.9. The van der Waals surface area contributed by atoms with Gasteiger partial charge in [-0.2, -0.15) is 0 Å². The Hall–Kier alpha value is -2.68. The molecule has 0 radical (unpaired) electrons. The van der Waals surface area contributed by atoms with Crippen molar-refractivity contribution in [3.05, 3.63) is 51.7 Å². The maximum atomic E-state index is 13.1. The molecule has 2 unspecified atom stereocenters. The van der Waals surface area contributed by atoms with Gasteiger partial charge >= 0.3 is 0 Å². The summed E-state index contributed by atoms with van der Waals surface area (Å²) in [5.74, 6) is 0.0283. The van der Waals surface area contributed by atoms with Crippen LogP contribution in [0.15, 0.2) is 29.1 Å². The van der Waals surface area contributed by atoms with Crippen LogP contribution in [0.2, 0.25) is 0 Å². The van der Waals surface area contributed by atoms with E-state index in [0.29, 0.717) is 24.7 Å². The Kier molecular flexibility index (Phi) is 7.40. The molecule has 0 bridgehead atoms. The van der Waals surface area contributed by atoms with Gasteiger partial charge in [-0.25, -0.2) is 9.19 Å². The van der Waals surface area contributed by atoms with Gasteiger partial charge in [0.25, 0.3) is 11.5 Å². The number of hydrogen-bond acceptors (Lipinski definition) is 5. The minimum absolute atomic E-state index is 0.176. The first-order chi connectivity index (χ1) is 16.4. The third-order valence-electron chi connectivity index (χ3n) is 6.97. The number of nitrogens with zero attached hydrogens (tertiary/aromatic N) is 3. The first-order valence-electron chi connectivity index (χ1n) is 12.2.